The maximum absolute atomic E-state index is 10.1. The first kappa shape index (κ1) is 18.7. The van der Waals surface area contributed by atoms with E-state index in [1.807, 2.05) is 6.08 Å². The van der Waals surface area contributed by atoms with Crippen molar-refractivity contribution in [3.8, 4) is 0 Å². The van der Waals surface area contributed by atoms with E-state index in [1.54, 1.807) is 6.08 Å². The van der Waals surface area contributed by atoms with Crippen LogP contribution in [0.4, 0.5) is 0 Å². The number of hydrogen-bond acceptors (Lipinski definition) is 10. The molecular weight excluding hydrogens is 340 g/mol. The lowest BCUT2D eigenvalue weighted by Crippen LogP contribution is -2.74. The minimum absolute atomic E-state index is 0.00180. The van der Waals surface area contributed by atoms with Gasteiger partial charge in [-0.2, -0.15) is 0 Å². The molecule has 0 amide bonds. The Bertz CT molecular complexity index is 561. The average Bonchev–Trinajstić information content (AvgIpc) is 3.02. The van der Waals surface area contributed by atoms with Crippen molar-refractivity contribution in [3.05, 3.63) is 24.0 Å². The molecule has 0 bridgehead atoms. The third kappa shape index (κ3) is 2.89. The van der Waals surface area contributed by atoms with Gasteiger partial charge in [-0.1, -0.05) is 6.08 Å². The summed E-state index contributed by atoms with van der Waals surface area (Å²) in [5.74, 6) is -6.68. The fraction of sp³-hybridized carbons (Fsp3) is 0.733. The Morgan fingerprint density at radius 2 is 1.88 bits per heavy atom. The van der Waals surface area contributed by atoms with Crippen LogP contribution in [0.2, 0.25) is 0 Å². The van der Waals surface area contributed by atoms with Crippen LogP contribution in [-0.2, 0) is 14.2 Å². The standard InChI is InChI=1S/C15H22O10/c16-5-8-2-1-7-3-4-23-12(9(7)8)24-13-10(18)11(19)15(21,22)14(20,6-17)25-13/h2-4,7,9-13,16-22H,1,5-6H2/t7-,9+,10+,11+,12?,13-,14+/m0/s1. The summed E-state index contributed by atoms with van der Waals surface area (Å²) in [4.78, 5) is 0. The molecule has 3 rings (SSSR count). The second kappa shape index (κ2) is 6.58. The molecule has 2 aliphatic heterocycles. The Kier molecular flexibility index (Phi) is 4.92. The van der Waals surface area contributed by atoms with Gasteiger partial charge < -0.3 is 50.0 Å². The van der Waals surface area contributed by atoms with E-state index in [0.717, 1.165) is 0 Å². The minimum Gasteiger partial charge on any atom is -0.472 e. The van der Waals surface area contributed by atoms with Gasteiger partial charge in [0.15, 0.2) is 6.29 Å². The highest BCUT2D eigenvalue weighted by Crippen LogP contribution is 2.42. The first-order chi connectivity index (χ1) is 11.7. The van der Waals surface area contributed by atoms with E-state index in [9.17, 15) is 35.7 Å². The lowest BCUT2D eigenvalue weighted by molar-refractivity contribution is -0.484. The van der Waals surface area contributed by atoms with Crippen molar-refractivity contribution in [1.29, 1.82) is 0 Å². The molecule has 0 spiro atoms. The minimum atomic E-state index is -3.32. The molecule has 25 heavy (non-hydrogen) atoms. The van der Waals surface area contributed by atoms with Gasteiger partial charge in [0.05, 0.1) is 18.8 Å². The number of rotatable bonds is 4. The van der Waals surface area contributed by atoms with E-state index < -0.39 is 43.0 Å². The van der Waals surface area contributed by atoms with Crippen LogP contribution in [0.1, 0.15) is 6.42 Å². The Labute approximate surface area is 142 Å². The van der Waals surface area contributed by atoms with Gasteiger partial charge in [-0.25, -0.2) is 0 Å². The van der Waals surface area contributed by atoms with Gasteiger partial charge in [0.2, 0.25) is 12.1 Å². The van der Waals surface area contributed by atoms with Gasteiger partial charge in [0.25, 0.3) is 5.79 Å². The van der Waals surface area contributed by atoms with Gasteiger partial charge in [0.1, 0.15) is 18.8 Å². The van der Waals surface area contributed by atoms with Crippen molar-refractivity contribution in [3.63, 3.8) is 0 Å². The SMILES string of the molecule is OCC1=CC[C@H]2C=COC(O[C@H]3O[C@](O)(CO)C(O)(O)[C@H](O)[C@H]3O)[C@@H]12. The summed E-state index contributed by atoms with van der Waals surface area (Å²) in [6.07, 6.45) is -1.28. The van der Waals surface area contributed by atoms with Crippen LogP contribution in [0, 0.1) is 11.8 Å². The van der Waals surface area contributed by atoms with E-state index >= 15 is 0 Å². The van der Waals surface area contributed by atoms with E-state index in [4.69, 9.17) is 14.2 Å². The molecular formula is C15H22O10. The highest BCUT2D eigenvalue weighted by molar-refractivity contribution is 5.21. The normalized spacial score (nSPS) is 45.6. The lowest BCUT2D eigenvalue weighted by Gasteiger charge is -2.49. The van der Waals surface area contributed by atoms with Gasteiger partial charge in [-0.05, 0) is 24.0 Å². The molecule has 0 aromatic rings. The van der Waals surface area contributed by atoms with Crippen LogP contribution < -0.4 is 0 Å². The molecule has 1 saturated heterocycles. The maximum Gasteiger partial charge on any atom is 0.250 e. The Hall–Kier alpha value is -1.08. The van der Waals surface area contributed by atoms with Gasteiger partial charge >= 0.3 is 0 Å². The first-order valence-corrected chi connectivity index (χ1v) is 7.84. The molecule has 10 heteroatoms. The van der Waals surface area contributed by atoms with Crippen molar-refractivity contribution in [2.24, 2.45) is 11.8 Å². The number of aliphatic hydroxyl groups excluding tert-OH is 4. The molecule has 10 nitrogen and oxygen atoms in total. The quantitative estimate of drug-likeness (QED) is 0.200. The summed E-state index contributed by atoms with van der Waals surface area (Å²) in [6, 6.07) is 0. The summed E-state index contributed by atoms with van der Waals surface area (Å²) in [6.45, 7) is -1.49. The van der Waals surface area contributed by atoms with Crippen molar-refractivity contribution in [1.82, 2.24) is 0 Å². The first-order valence-electron chi connectivity index (χ1n) is 7.84. The molecule has 142 valence electrons. The zero-order valence-corrected chi connectivity index (χ0v) is 13.2. The van der Waals surface area contributed by atoms with Crippen LogP contribution in [0.3, 0.4) is 0 Å². The number of fused-ring (bicyclic) bond motifs is 1. The molecule has 7 N–H and O–H groups in total. The van der Waals surface area contributed by atoms with Crippen LogP contribution in [0.25, 0.3) is 0 Å². The molecule has 0 aromatic heterocycles. The topological polar surface area (TPSA) is 169 Å². The Morgan fingerprint density at radius 3 is 2.52 bits per heavy atom. The molecule has 3 aliphatic rings. The van der Waals surface area contributed by atoms with Crippen molar-refractivity contribution in [2.45, 2.75) is 42.8 Å². The van der Waals surface area contributed by atoms with Crippen LogP contribution in [0.15, 0.2) is 24.0 Å². The molecule has 0 aromatic carbocycles. The van der Waals surface area contributed by atoms with Crippen LogP contribution in [-0.4, -0.2) is 85.3 Å². The molecule has 2 heterocycles. The van der Waals surface area contributed by atoms with Crippen molar-refractivity contribution in [2.75, 3.05) is 13.2 Å². The van der Waals surface area contributed by atoms with E-state index in [1.165, 1.54) is 6.26 Å². The number of hydrogen-bond donors (Lipinski definition) is 7. The molecule has 7 atom stereocenters. The molecule has 1 fully saturated rings. The average molecular weight is 362 g/mol. The van der Waals surface area contributed by atoms with Gasteiger partial charge in [-0.3, -0.25) is 0 Å². The third-order valence-electron chi connectivity index (χ3n) is 4.94. The molecule has 1 unspecified atom stereocenters. The number of allylic oxidation sites excluding steroid dienone is 2. The summed E-state index contributed by atoms with van der Waals surface area (Å²) in [5, 5.41) is 68.1. The number of ether oxygens (including phenoxy) is 3. The van der Waals surface area contributed by atoms with E-state index in [0.29, 0.717) is 12.0 Å². The summed E-state index contributed by atoms with van der Waals surface area (Å²) in [7, 11) is 0. The second-order valence-electron chi connectivity index (χ2n) is 6.42. The van der Waals surface area contributed by atoms with Crippen LogP contribution >= 0.6 is 0 Å². The van der Waals surface area contributed by atoms with E-state index in [-0.39, 0.29) is 18.4 Å². The predicted octanol–water partition coefficient (Wildman–Crippen LogP) is -3.13. The molecule has 0 saturated carbocycles. The smallest absolute Gasteiger partial charge is 0.250 e. The predicted molar refractivity (Wildman–Crippen MR) is 78.0 cm³/mol. The van der Waals surface area contributed by atoms with Gasteiger partial charge in [0, 0.05) is 0 Å². The molecule has 1 aliphatic carbocycles. The monoisotopic (exact) mass is 362 g/mol. The fourth-order valence-electron chi connectivity index (χ4n) is 3.38. The zero-order valence-electron chi connectivity index (χ0n) is 13.2. The Balaban J connectivity index is 1.80. The second-order valence-corrected chi connectivity index (χ2v) is 6.42. The van der Waals surface area contributed by atoms with Crippen LogP contribution in [0.5, 0.6) is 0 Å². The van der Waals surface area contributed by atoms with Gasteiger partial charge in [-0.15, -0.1) is 0 Å². The summed E-state index contributed by atoms with van der Waals surface area (Å²) >= 11 is 0. The zero-order chi connectivity index (χ0) is 18.4. The largest absolute Gasteiger partial charge is 0.472 e. The maximum atomic E-state index is 10.1. The third-order valence-corrected chi connectivity index (χ3v) is 4.94. The highest BCUT2D eigenvalue weighted by Gasteiger charge is 2.64. The van der Waals surface area contributed by atoms with Crippen molar-refractivity contribution >= 4 is 0 Å². The highest BCUT2D eigenvalue weighted by atomic mass is 16.8. The Morgan fingerprint density at radius 1 is 1.16 bits per heavy atom. The number of aliphatic hydroxyl groups is 7. The fourth-order valence-corrected chi connectivity index (χ4v) is 3.38. The summed E-state index contributed by atoms with van der Waals surface area (Å²) < 4.78 is 15.8. The van der Waals surface area contributed by atoms with E-state index in [2.05, 4.69) is 0 Å². The van der Waals surface area contributed by atoms with Crippen molar-refractivity contribution < 1.29 is 50.0 Å². The summed E-state index contributed by atoms with van der Waals surface area (Å²) in [5.41, 5.74) is 0.668. The lowest BCUT2D eigenvalue weighted by atomic mass is 9.89. The molecule has 0 radical (unpaired) electrons.